The molecular formula is C18H16FN5OS3. The smallest absolute Gasteiger partial charge is 0.267 e. The van der Waals surface area contributed by atoms with E-state index in [1.54, 1.807) is 23.9 Å². The Labute approximate surface area is 172 Å². The summed E-state index contributed by atoms with van der Waals surface area (Å²) in [5.74, 6) is 0.429. The number of fused-ring (bicyclic) bond motifs is 1. The molecule has 3 heterocycles. The Morgan fingerprint density at radius 1 is 1.25 bits per heavy atom. The van der Waals surface area contributed by atoms with Crippen LogP contribution in [0.5, 0.6) is 0 Å². The van der Waals surface area contributed by atoms with E-state index < -0.39 is 0 Å². The second-order valence-electron chi connectivity index (χ2n) is 5.96. The number of nitrogens with one attached hydrogen (secondary N) is 1. The Kier molecular flexibility index (Phi) is 5.42. The molecule has 0 unspecified atom stereocenters. The van der Waals surface area contributed by atoms with Crippen LogP contribution in [0.15, 0.2) is 34.7 Å². The largest absolute Gasteiger partial charge is 0.296 e. The zero-order chi connectivity index (χ0) is 19.7. The number of nitrogens with zero attached hydrogens (tertiary/aromatic N) is 4. The number of anilines is 1. The molecule has 6 nitrogen and oxygen atoms in total. The van der Waals surface area contributed by atoms with Crippen LogP contribution in [0.2, 0.25) is 0 Å². The Morgan fingerprint density at radius 3 is 2.79 bits per heavy atom. The van der Waals surface area contributed by atoms with Crippen LogP contribution in [-0.4, -0.2) is 31.6 Å². The van der Waals surface area contributed by atoms with E-state index in [1.165, 1.54) is 34.8 Å². The van der Waals surface area contributed by atoms with Crippen LogP contribution in [0.1, 0.15) is 27.9 Å². The molecule has 0 radical (unpaired) electrons. The molecule has 10 heteroatoms. The summed E-state index contributed by atoms with van der Waals surface area (Å²) in [6, 6.07) is 8.19. The van der Waals surface area contributed by atoms with E-state index in [1.807, 2.05) is 24.6 Å². The molecule has 0 spiro atoms. The number of thiophene rings is 1. The van der Waals surface area contributed by atoms with Crippen LogP contribution in [0, 0.1) is 12.7 Å². The van der Waals surface area contributed by atoms with Gasteiger partial charge in [-0.1, -0.05) is 42.2 Å². The molecule has 0 bridgehead atoms. The Morgan fingerprint density at radius 2 is 2.04 bits per heavy atom. The van der Waals surface area contributed by atoms with Crippen molar-refractivity contribution in [2.24, 2.45) is 0 Å². The van der Waals surface area contributed by atoms with Crippen molar-refractivity contribution in [1.82, 2.24) is 20.0 Å². The Hall–Kier alpha value is -2.30. The van der Waals surface area contributed by atoms with Crippen LogP contribution < -0.4 is 5.32 Å². The molecule has 0 aliphatic rings. The van der Waals surface area contributed by atoms with E-state index in [0.29, 0.717) is 16.6 Å². The lowest BCUT2D eigenvalue weighted by atomic mass is 10.2. The molecule has 0 aliphatic carbocycles. The van der Waals surface area contributed by atoms with E-state index in [0.717, 1.165) is 31.6 Å². The first-order chi connectivity index (χ1) is 13.5. The van der Waals surface area contributed by atoms with E-state index in [2.05, 4.69) is 20.6 Å². The average Bonchev–Trinajstić information content (AvgIpc) is 3.36. The number of aryl methyl sites for hydroxylation is 1. The van der Waals surface area contributed by atoms with Crippen LogP contribution >= 0.6 is 34.4 Å². The maximum atomic E-state index is 13.1. The lowest BCUT2D eigenvalue weighted by Crippen LogP contribution is -2.09. The van der Waals surface area contributed by atoms with Crippen molar-refractivity contribution in [1.29, 1.82) is 0 Å². The number of thioether (sulfide) groups is 1. The van der Waals surface area contributed by atoms with Crippen molar-refractivity contribution >= 4 is 55.7 Å². The normalized spacial score (nSPS) is 11.2. The van der Waals surface area contributed by atoms with Gasteiger partial charge in [0, 0.05) is 5.39 Å². The second-order valence-corrected chi connectivity index (χ2v) is 9.48. The predicted molar refractivity (Wildman–Crippen MR) is 112 cm³/mol. The number of hydrogen-bond donors (Lipinski definition) is 1. The predicted octanol–water partition coefficient (Wildman–Crippen LogP) is 4.81. The summed E-state index contributed by atoms with van der Waals surface area (Å²) in [6.07, 6.45) is 0. The number of aromatic nitrogens is 4. The van der Waals surface area contributed by atoms with Crippen LogP contribution in [-0.2, 0) is 6.54 Å². The maximum absolute atomic E-state index is 13.1. The summed E-state index contributed by atoms with van der Waals surface area (Å²) in [5.41, 5.74) is 1.80. The highest BCUT2D eigenvalue weighted by Crippen LogP contribution is 2.30. The van der Waals surface area contributed by atoms with Crippen molar-refractivity contribution in [2.75, 3.05) is 11.1 Å². The maximum Gasteiger partial charge on any atom is 0.267 e. The standard InChI is InChI=1S/C18H16FN5OS3/c1-3-26-18-22-21-17(28-18)20-15(25)14-8-13-10(2)23-24(16(13)27-14)9-11-4-6-12(19)7-5-11/h4-8H,3,9H2,1-2H3,(H,20,21,25). The summed E-state index contributed by atoms with van der Waals surface area (Å²) >= 11 is 4.33. The minimum atomic E-state index is -0.266. The van der Waals surface area contributed by atoms with Gasteiger partial charge in [0.25, 0.3) is 5.91 Å². The number of amides is 1. The molecule has 0 fully saturated rings. The van der Waals surface area contributed by atoms with Gasteiger partial charge in [-0.25, -0.2) is 4.39 Å². The van der Waals surface area contributed by atoms with Gasteiger partial charge in [0.05, 0.1) is 17.1 Å². The highest BCUT2D eigenvalue weighted by molar-refractivity contribution is 8.01. The molecule has 28 heavy (non-hydrogen) atoms. The topological polar surface area (TPSA) is 72.7 Å². The van der Waals surface area contributed by atoms with Crippen molar-refractivity contribution in [3.8, 4) is 0 Å². The van der Waals surface area contributed by atoms with Gasteiger partial charge in [0.1, 0.15) is 10.6 Å². The van der Waals surface area contributed by atoms with Gasteiger partial charge >= 0.3 is 0 Å². The van der Waals surface area contributed by atoms with E-state index in [-0.39, 0.29) is 11.7 Å². The van der Waals surface area contributed by atoms with Crippen LogP contribution in [0.4, 0.5) is 9.52 Å². The summed E-state index contributed by atoms with van der Waals surface area (Å²) in [7, 11) is 0. The molecule has 4 aromatic rings. The molecule has 0 saturated heterocycles. The highest BCUT2D eigenvalue weighted by atomic mass is 32.2. The Bertz CT molecular complexity index is 1130. The minimum absolute atomic E-state index is 0.210. The van der Waals surface area contributed by atoms with Gasteiger partial charge in [0.2, 0.25) is 5.13 Å². The van der Waals surface area contributed by atoms with Crippen molar-refractivity contribution in [3.05, 3.63) is 52.3 Å². The molecule has 3 aromatic heterocycles. The van der Waals surface area contributed by atoms with Crippen molar-refractivity contribution < 1.29 is 9.18 Å². The first kappa shape index (κ1) is 19.0. The lowest BCUT2D eigenvalue weighted by Gasteiger charge is -2.03. The molecule has 1 amide bonds. The quantitative estimate of drug-likeness (QED) is 0.349. The summed E-state index contributed by atoms with van der Waals surface area (Å²) in [6.45, 7) is 4.47. The second kappa shape index (κ2) is 7.98. The molecule has 1 N–H and O–H groups in total. The molecule has 0 aliphatic heterocycles. The average molecular weight is 434 g/mol. The third-order valence-corrected chi connectivity index (χ3v) is 6.97. The molecule has 0 saturated carbocycles. The van der Waals surface area contributed by atoms with E-state index >= 15 is 0 Å². The van der Waals surface area contributed by atoms with Gasteiger partial charge in [-0.2, -0.15) is 5.10 Å². The first-order valence-electron chi connectivity index (χ1n) is 8.52. The van der Waals surface area contributed by atoms with Crippen molar-refractivity contribution in [3.63, 3.8) is 0 Å². The minimum Gasteiger partial charge on any atom is -0.296 e. The number of halogens is 1. The molecule has 144 valence electrons. The number of carbonyl (C=O) groups excluding carboxylic acids is 1. The SMILES string of the molecule is CCSc1nnc(NC(=O)c2cc3c(C)nn(Cc4ccc(F)cc4)c3s2)s1. The zero-order valence-corrected chi connectivity index (χ0v) is 17.6. The number of hydrogen-bond acceptors (Lipinski definition) is 7. The van der Waals surface area contributed by atoms with Crippen LogP contribution in [0.25, 0.3) is 10.2 Å². The van der Waals surface area contributed by atoms with Gasteiger partial charge in [-0.15, -0.1) is 21.5 Å². The number of benzene rings is 1. The molecule has 1 aromatic carbocycles. The molecular weight excluding hydrogens is 417 g/mol. The fourth-order valence-electron chi connectivity index (χ4n) is 2.70. The third-order valence-electron chi connectivity index (χ3n) is 3.97. The zero-order valence-electron chi connectivity index (χ0n) is 15.1. The molecule has 0 atom stereocenters. The van der Waals surface area contributed by atoms with Gasteiger partial charge in [0.15, 0.2) is 4.34 Å². The lowest BCUT2D eigenvalue weighted by molar-refractivity contribution is 0.103. The summed E-state index contributed by atoms with van der Waals surface area (Å²) in [5, 5.41) is 16.9. The number of carbonyl (C=O) groups is 1. The van der Waals surface area contributed by atoms with Gasteiger partial charge in [-0.05, 0) is 36.4 Å². The summed E-state index contributed by atoms with van der Waals surface area (Å²) in [4.78, 5) is 14.1. The van der Waals surface area contributed by atoms with Crippen molar-refractivity contribution in [2.45, 2.75) is 24.7 Å². The number of rotatable bonds is 6. The van der Waals surface area contributed by atoms with Crippen LogP contribution in [0.3, 0.4) is 0 Å². The van der Waals surface area contributed by atoms with E-state index in [4.69, 9.17) is 0 Å². The van der Waals surface area contributed by atoms with Gasteiger partial charge in [-0.3, -0.25) is 14.8 Å². The highest BCUT2D eigenvalue weighted by Gasteiger charge is 2.18. The fraction of sp³-hybridized carbons (Fsp3) is 0.222. The Balaban J connectivity index is 1.56. The fourth-order valence-corrected chi connectivity index (χ4v) is 5.40. The molecule has 4 rings (SSSR count). The van der Waals surface area contributed by atoms with E-state index in [9.17, 15) is 9.18 Å². The first-order valence-corrected chi connectivity index (χ1v) is 11.1. The van der Waals surface area contributed by atoms with Gasteiger partial charge < -0.3 is 0 Å². The third kappa shape index (κ3) is 3.94. The monoisotopic (exact) mass is 433 g/mol. The summed E-state index contributed by atoms with van der Waals surface area (Å²) < 4.78 is 15.8.